The second kappa shape index (κ2) is 29.3. The number of rotatable bonds is 18. The SMILES string of the molecule is CCCCCOc1ccc(-c2cc(-c3ccc(C(=O)N[C@H]4C[C@@H](O)[C@@H](O)NC(=O)[C@@H]5[C@@H](O)[C@@H](C)CN5C(=O)[C@H]([C@H](O)CC(N)=O)NC(=O)C([C@H](O)[C@@H](O)c5ccc(O)c(OS(=O)(=O)O)c5)NC(=O)[C@H]5C[C@@H](O)CN5C(=O)[C@H]([C@@H](C)O)NC4=O)cc3)no2)cc1. The van der Waals surface area contributed by atoms with Gasteiger partial charge in [-0.15, -0.1) is 0 Å². The molecule has 0 saturated carbocycles. The smallest absolute Gasteiger partial charge is 0.446 e. The van der Waals surface area contributed by atoms with Crippen LogP contribution in [0.5, 0.6) is 17.2 Å². The Morgan fingerprint density at radius 1 is 0.787 bits per heavy atom. The fraction of sp³-hybridized carbons (Fsp3) is 0.482. The average molecular weight is 1270 g/mol. The highest BCUT2D eigenvalue weighted by Crippen LogP contribution is 2.34. The predicted molar refractivity (Wildman–Crippen MR) is 304 cm³/mol. The first-order chi connectivity index (χ1) is 42.0. The molecule has 1 aromatic heterocycles. The van der Waals surface area contributed by atoms with Gasteiger partial charge in [0, 0.05) is 54.6 Å². The lowest BCUT2D eigenvalue weighted by atomic mass is 9.96. The predicted octanol–water partition coefficient (Wildman–Crippen LogP) is -3.90. The number of amides is 8. The van der Waals surface area contributed by atoms with Gasteiger partial charge in [0.15, 0.2) is 23.5 Å². The fourth-order valence-corrected chi connectivity index (χ4v) is 10.7. The summed E-state index contributed by atoms with van der Waals surface area (Å²) in [6.07, 6.45) is -17.3. The van der Waals surface area contributed by atoms with Gasteiger partial charge in [-0.1, -0.05) is 50.0 Å². The second-order valence-electron chi connectivity index (χ2n) is 21.9. The van der Waals surface area contributed by atoms with Gasteiger partial charge in [0.2, 0.25) is 41.4 Å². The molecule has 0 aliphatic carbocycles. The van der Waals surface area contributed by atoms with Crippen LogP contribution in [0.2, 0.25) is 0 Å². The number of unbranched alkanes of at least 4 members (excludes halogenated alkanes) is 2. The largest absolute Gasteiger partial charge is 0.504 e. The van der Waals surface area contributed by atoms with Crippen LogP contribution in [0.4, 0.5) is 0 Å². The third kappa shape index (κ3) is 16.9. The monoisotopic (exact) mass is 1270 g/mol. The topological polar surface area (TPSA) is 510 Å². The number of phenolic OH excluding ortho intramolecular Hbond substituents is 1. The van der Waals surface area contributed by atoms with Gasteiger partial charge < -0.3 is 102 Å². The van der Waals surface area contributed by atoms with E-state index in [1.165, 1.54) is 31.2 Å². The number of aliphatic hydroxyl groups is 8. The molecule has 484 valence electrons. The number of carbonyl (C=O) groups excluding carboxylic acids is 8. The highest BCUT2D eigenvalue weighted by Gasteiger charge is 2.51. The van der Waals surface area contributed by atoms with E-state index in [-0.39, 0.29) is 5.56 Å². The molecule has 0 bridgehead atoms. The average Bonchev–Trinajstić information content (AvgIpc) is 2.76. The van der Waals surface area contributed by atoms with Crippen molar-refractivity contribution in [2.45, 2.75) is 145 Å². The summed E-state index contributed by atoms with van der Waals surface area (Å²) in [6.45, 7) is 3.74. The summed E-state index contributed by atoms with van der Waals surface area (Å²) in [6, 6.07) is 3.52. The van der Waals surface area contributed by atoms with Crippen molar-refractivity contribution in [1.82, 2.24) is 41.5 Å². The number of nitrogens with one attached hydrogen (secondary N) is 5. The highest BCUT2D eigenvalue weighted by molar-refractivity contribution is 7.81. The van der Waals surface area contributed by atoms with Crippen LogP contribution in [0.3, 0.4) is 0 Å². The first kappa shape index (κ1) is 68.1. The van der Waals surface area contributed by atoms with E-state index in [0.29, 0.717) is 56.9 Å². The van der Waals surface area contributed by atoms with Crippen molar-refractivity contribution in [2.24, 2.45) is 11.7 Å². The number of ether oxygens (including phenoxy) is 1. The zero-order valence-corrected chi connectivity index (χ0v) is 48.9. The maximum Gasteiger partial charge on any atom is 0.446 e. The van der Waals surface area contributed by atoms with Gasteiger partial charge >= 0.3 is 10.4 Å². The molecule has 3 fully saturated rings. The number of nitrogens with zero attached hydrogens (tertiary/aromatic N) is 3. The Balaban J connectivity index is 1.22. The summed E-state index contributed by atoms with van der Waals surface area (Å²) in [4.78, 5) is 115. The lowest BCUT2D eigenvalue weighted by molar-refractivity contribution is -0.149. The number of fused-ring (bicyclic) bond motifs is 2. The summed E-state index contributed by atoms with van der Waals surface area (Å²) in [5.74, 6) is -12.9. The third-order valence-corrected chi connectivity index (χ3v) is 15.6. The zero-order valence-electron chi connectivity index (χ0n) is 48.1. The van der Waals surface area contributed by atoms with Crippen molar-refractivity contribution < 1.29 is 111 Å². The molecule has 33 heteroatoms. The standard InChI is InChI=1S/C56H71N9O23S/c1-4-5-6-17-86-32-14-11-28(12-15-32)39-21-33(63-87-39)27-7-9-29(10-8-27)49(75)58-34-20-38(70)52(78)62-54(80)45-46(72)25(2)23-65(45)56(82)43(37(69)22-41(57)71)60-53(79)44(48(74)47(73)30-13-16-36(68)40(18-30)88-89(83,84)85)61-51(77)35-19-31(67)24-64(35)55(81)42(26(3)66)59-50(34)76/h7-16,18,21,25-26,31,34-35,37-38,42-48,52,66-70,72-74,78H,4-6,17,19-20,22-24H2,1-3H3,(H2,57,71)(H,58,75)(H,59,76)(H,60,79)(H,61,77)(H,62,80)(H,83,84,85)/t25-,26+,31+,34-,35+,37+,38+,42-,43-,44?,45-,46-,47-,48-,52+/m0/s1. The zero-order chi connectivity index (χ0) is 65.3. The van der Waals surface area contributed by atoms with Crippen LogP contribution in [0.15, 0.2) is 77.3 Å². The van der Waals surface area contributed by atoms with Crippen molar-refractivity contribution in [3.8, 4) is 39.8 Å². The van der Waals surface area contributed by atoms with Gasteiger partial charge in [-0.3, -0.25) is 42.9 Å². The first-order valence-corrected chi connectivity index (χ1v) is 29.5. The number of primary amides is 1. The number of aliphatic hydroxyl groups excluding tert-OH is 8. The van der Waals surface area contributed by atoms with E-state index >= 15 is 0 Å². The number of hydrogen-bond acceptors (Lipinski definition) is 23. The van der Waals surface area contributed by atoms with Crippen LogP contribution in [0.25, 0.3) is 22.6 Å². The molecule has 32 nitrogen and oxygen atoms in total. The first-order valence-electron chi connectivity index (χ1n) is 28.1. The Labute approximate surface area is 507 Å². The molecule has 3 aromatic carbocycles. The molecule has 17 N–H and O–H groups in total. The van der Waals surface area contributed by atoms with Crippen molar-refractivity contribution in [3.63, 3.8) is 0 Å². The van der Waals surface area contributed by atoms with E-state index in [2.05, 4.69) is 32.2 Å². The molecule has 4 heterocycles. The number of phenols is 1. The second-order valence-corrected chi connectivity index (χ2v) is 22.9. The maximum atomic E-state index is 14.7. The van der Waals surface area contributed by atoms with Crippen LogP contribution < -0.4 is 41.2 Å². The van der Waals surface area contributed by atoms with Crippen LogP contribution >= 0.6 is 0 Å². The van der Waals surface area contributed by atoms with Crippen LogP contribution in [-0.4, -0.2) is 220 Å². The van der Waals surface area contributed by atoms with Crippen LogP contribution in [-0.2, 0) is 44.0 Å². The summed E-state index contributed by atoms with van der Waals surface area (Å²) < 4.78 is 48.1. The Hall–Kier alpha value is -8.38. The van der Waals surface area contributed by atoms with E-state index in [4.69, 9.17) is 15.0 Å². The van der Waals surface area contributed by atoms with E-state index in [1.54, 1.807) is 30.3 Å². The summed E-state index contributed by atoms with van der Waals surface area (Å²) in [7, 11) is -5.35. The van der Waals surface area contributed by atoms with Crippen LogP contribution in [0, 0.1) is 5.92 Å². The minimum atomic E-state index is -5.35. The molecule has 3 saturated heterocycles. The van der Waals surface area contributed by atoms with Gasteiger partial charge in [0.05, 0.1) is 37.4 Å². The lowest BCUT2D eigenvalue weighted by Gasteiger charge is -2.34. The van der Waals surface area contributed by atoms with Crippen molar-refractivity contribution >= 4 is 57.7 Å². The van der Waals surface area contributed by atoms with Crippen molar-refractivity contribution in [2.75, 3.05) is 19.7 Å². The molecule has 89 heavy (non-hydrogen) atoms. The Morgan fingerprint density at radius 2 is 1.43 bits per heavy atom. The van der Waals surface area contributed by atoms with Gasteiger partial charge in [0.25, 0.3) is 5.91 Å². The minimum Gasteiger partial charge on any atom is -0.504 e. The number of nitrogens with two attached hydrogens (primary N) is 1. The summed E-state index contributed by atoms with van der Waals surface area (Å²) in [5.41, 5.74) is 6.17. The quantitative estimate of drug-likeness (QED) is 0.0334. The third-order valence-electron chi connectivity index (χ3n) is 15.2. The van der Waals surface area contributed by atoms with E-state index in [9.17, 15) is 97.3 Å². The molecule has 8 amide bonds. The number of aromatic nitrogens is 1. The Bertz CT molecular complexity index is 3340. The maximum absolute atomic E-state index is 14.7. The molecule has 3 aliphatic rings. The van der Waals surface area contributed by atoms with Crippen molar-refractivity contribution in [1.29, 1.82) is 0 Å². The van der Waals surface area contributed by atoms with Crippen LogP contribution in [0.1, 0.15) is 81.3 Å². The number of hydrogen-bond donors (Lipinski definition) is 16. The van der Waals surface area contributed by atoms with E-state index in [0.717, 1.165) is 32.3 Å². The molecule has 3 aliphatic heterocycles. The number of benzene rings is 3. The molecule has 7 rings (SSSR count). The molecule has 15 atom stereocenters. The fourth-order valence-electron chi connectivity index (χ4n) is 10.3. The van der Waals surface area contributed by atoms with Crippen molar-refractivity contribution in [3.05, 3.63) is 83.9 Å². The number of carbonyl (C=O) groups is 8. The Morgan fingerprint density at radius 3 is 2.07 bits per heavy atom. The van der Waals surface area contributed by atoms with E-state index in [1.807, 2.05) is 10.6 Å². The Kier molecular flexibility index (Phi) is 22.4. The van der Waals surface area contributed by atoms with Gasteiger partial charge in [-0.25, -0.2) is 0 Å². The molecular weight excluding hydrogens is 1200 g/mol. The van der Waals surface area contributed by atoms with E-state index < -0.39 is 198 Å². The molecule has 0 radical (unpaired) electrons. The van der Waals surface area contributed by atoms with Gasteiger partial charge in [-0.2, -0.15) is 8.42 Å². The van der Waals surface area contributed by atoms with Gasteiger partial charge in [0.1, 0.15) is 66.0 Å². The lowest BCUT2D eigenvalue weighted by Crippen LogP contribution is -2.64. The highest BCUT2D eigenvalue weighted by atomic mass is 32.3. The molecule has 0 spiro atoms. The normalized spacial score (nSPS) is 26.4. The summed E-state index contributed by atoms with van der Waals surface area (Å²) in [5, 5.41) is 116. The minimum absolute atomic E-state index is 0.107. The molecule has 4 aromatic rings. The molecular formula is C56H71N9O23S. The number of aromatic hydroxyl groups is 1. The summed E-state index contributed by atoms with van der Waals surface area (Å²) >= 11 is 0. The van der Waals surface area contributed by atoms with Gasteiger partial charge in [-0.05, 0) is 67.4 Å². The molecule has 1 unspecified atom stereocenters.